The van der Waals surface area contributed by atoms with Gasteiger partial charge in [-0.25, -0.2) is 14.2 Å². The summed E-state index contributed by atoms with van der Waals surface area (Å²) < 4.78 is 17.8. The molecule has 3 heterocycles. The summed E-state index contributed by atoms with van der Waals surface area (Å²) in [5.74, 6) is -0.220. The molecule has 4 N–H and O–H groups in total. The van der Waals surface area contributed by atoms with Crippen LogP contribution in [0.5, 0.6) is 5.75 Å². The number of nitrogens with two attached hydrogens (primary N) is 1. The van der Waals surface area contributed by atoms with Gasteiger partial charge in [0.2, 0.25) is 5.91 Å². The fourth-order valence-electron chi connectivity index (χ4n) is 4.63. The molecule has 38 heavy (non-hydrogen) atoms. The van der Waals surface area contributed by atoms with Crippen LogP contribution < -0.4 is 21.6 Å². The van der Waals surface area contributed by atoms with Crippen LogP contribution in [0.15, 0.2) is 59.7 Å². The number of amides is 1. The van der Waals surface area contributed by atoms with Crippen molar-refractivity contribution in [2.45, 2.75) is 19.4 Å². The fourth-order valence-corrected chi connectivity index (χ4v) is 4.90. The van der Waals surface area contributed by atoms with Crippen molar-refractivity contribution < 1.29 is 14.3 Å². The van der Waals surface area contributed by atoms with Crippen LogP contribution in [0.4, 0.5) is 16.0 Å². The van der Waals surface area contributed by atoms with Crippen molar-refractivity contribution in [1.82, 2.24) is 14.1 Å². The highest BCUT2D eigenvalue weighted by molar-refractivity contribution is 6.32. The van der Waals surface area contributed by atoms with E-state index in [0.717, 1.165) is 6.42 Å². The Morgan fingerprint density at radius 1 is 1.16 bits per heavy atom. The lowest BCUT2D eigenvalue weighted by molar-refractivity contribution is -0.114. The molecule has 0 radical (unpaired) electrons. The van der Waals surface area contributed by atoms with E-state index in [1.54, 1.807) is 49.8 Å². The second kappa shape index (κ2) is 9.96. The number of aromatic hydroxyl groups is 1. The zero-order valence-electron chi connectivity index (χ0n) is 20.8. The number of aromatic nitrogens is 3. The van der Waals surface area contributed by atoms with Crippen LogP contribution in [0.2, 0.25) is 5.02 Å². The van der Waals surface area contributed by atoms with Gasteiger partial charge >= 0.3 is 5.69 Å². The van der Waals surface area contributed by atoms with E-state index in [2.05, 4.69) is 10.3 Å². The Labute approximate surface area is 222 Å². The van der Waals surface area contributed by atoms with Crippen molar-refractivity contribution in [1.29, 1.82) is 0 Å². The van der Waals surface area contributed by atoms with Crippen LogP contribution in [0.1, 0.15) is 13.3 Å². The normalized spacial score (nSPS) is 15.2. The summed E-state index contributed by atoms with van der Waals surface area (Å²) in [5, 5.41) is 14.2. The first-order valence-electron chi connectivity index (χ1n) is 12.0. The molecule has 196 valence electrons. The van der Waals surface area contributed by atoms with Crippen molar-refractivity contribution >= 4 is 29.1 Å². The van der Waals surface area contributed by atoms with E-state index >= 15 is 0 Å². The van der Waals surface area contributed by atoms with E-state index in [-0.39, 0.29) is 45.4 Å². The minimum atomic E-state index is -0.574. The van der Waals surface area contributed by atoms with Crippen LogP contribution >= 0.6 is 11.6 Å². The van der Waals surface area contributed by atoms with E-state index in [4.69, 9.17) is 17.3 Å². The molecule has 1 aliphatic heterocycles. The van der Waals surface area contributed by atoms with Crippen LogP contribution in [0.25, 0.3) is 27.9 Å². The van der Waals surface area contributed by atoms with Crippen LogP contribution in [0, 0.1) is 5.82 Å². The lowest BCUT2D eigenvalue weighted by atomic mass is 9.97. The highest BCUT2D eigenvalue weighted by Crippen LogP contribution is 2.41. The summed E-state index contributed by atoms with van der Waals surface area (Å²) in [7, 11) is 1.63. The maximum Gasteiger partial charge on any atom is 0.332 e. The Morgan fingerprint density at radius 2 is 1.89 bits per heavy atom. The average molecular weight is 537 g/mol. The molecule has 5 rings (SSSR count). The number of carbonyl (C=O) groups excluding carboxylic acids is 1. The molecule has 1 amide bonds. The lowest BCUT2D eigenvalue weighted by Gasteiger charge is -2.20. The maximum atomic E-state index is 14.9. The monoisotopic (exact) mass is 536 g/mol. The number of nitrogens with zero attached hydrogens (tertiary/aromatic N) is 4. The van der Waals surface area contributed by atoms with Gasteiger partial charge in [-0.05, 0) is 53.9 Å². The van der Waals surface area contributed by atoms with E-state index in [1.165, 1.54) is 28.2 Å². The first-order valence-corrected chi connectivity index (χ1v) is 12.4. The summed E-state index contributed by atoms with van der Waals surface area (Å²) in [6.45, 7) is 2.65. The fraction of sp³-hybridized carbons (Fsp3) is 0.222. The van der Waals surface area contributed by atoms with Gasteiger partial charge in [0.15, 0.2) is 0 Å². The highest BCUT2D eigenvalue weighted by Gasteiger charge is 2.23. The molecule has 11 heteroatoms. The Hall–Kier alpha value is -4.15. The highest BCUT2D eigenvalue weighted by atomic mass is 35.5. The number of pyridine rings is 1. The number of imidazole rings is 1. The molecule has 2 aromatic heterocycles. The molecule has 1 fully saturated rings. The smallest absolute Gasteiger partial charge is 0.332 e. The summed E-state index contributed by atoms with van der Waals surface area (Å²) in [6.07, 6.45) is 4.01. The quantitative estimate of drug-likeness (QED) is 0.356. The van der Waals surface area contributed by atoms with E-state index < -0.39 is 5.82 Å². The molecule has 0 unspecified atom stereocenters. The number of halogens is 2. The molecule has 0 bridgehead atoms. The number of nitrogens with one attached hydrogen (secondary N) is 1. The number of hydrogen-bond donors (Lipinski definition) is 3. The van der Waals surface area contributed by atoms with Gasteiger partial charge in [-0.1, -0.05) is 17.7 Å². The van der Waals surface area contributed by atoms with Crippen molar-refractivity contribution in [3.8, 4) is 33.7 Å². The summed E-state index contributed by atoms with van der Waals surface area (Å²) in [6, 6.07) is 10.6. The Balaban J connectivity index is 1.60. The topological polar surface area (TPSA) is 118 Å². The third-order valence-electron chi connectivity index (χ3n) is 6.52. The Bertz CT molecular complexity index is 1620. The first-order chi connectivity index (χ1) is 18.1. The number of carbonyl (C=O) groups is 1. The second-order valence-corrected chi connectivity index (χ2v) is 9.76. The molecule has 2 aromatic carbocycles. The van der Waals surface area contributed by atoms with E-state index in [9.17, 15) is 19.1 Å². The number of aryl methyl sites for hydroxylation is 1. The van der Waals surface area contributed by atoms with Gasteiger partial charge in [-0.2, -0.15) is 0 Å². The third-order valence-corrected chi connectivity index (χ3v) is 6.82. The van der Waals surface area contributed by atoms with E-state index in [1.807, 2.05) is 4.90 Å². The number of rotatable bonds is 5. The van der Waals surface area contributed by atoms with Crippen LogP contribution in [-0.2, 0) is 11.8 Å². The number of anilines is 2. The molecule has 9 nitrogen and oxygen atoms in total. The predicted molar refractivity (Wildman–Crippen MR) is 145 cm³/mol. The number of phenolic OH excluding ortho intramolecular Hbond substituents is 1. The van der Waals surface area contributed by atoms with Gasteiger partial charge in [-0.3, -0.25) is 9.36 Å². The Kier molecular flexibility index (Phi) is 6.68. The summed E-state index contributed by atoms with van der Waals surface area (Å²) in [5.41, 5.74) is 7.63. The van der Waals surface area contributed by atoms with Gasteiger partial charge < -0.3 is 25.6 Å². The van der Waals surface area contributed by atoms with Crippen molar-refractivity contribution in [2.24, 2.45) is 12.8 Å². The minimum Gasteiger partial charge on any atom is -0.507 e. The Morgan fingerprint density at radius 3 is 2.50 bits per heavy atom. The van der Waals surface area contributed by atoms with Gasteiger partial charge in [0.1, 0.15) is 23.2 Å². The molecule has 0 aliphatic carbocycles. The second-order valence-electron chi connectivity index (χ2n) is 9.35. The summed E-state index contributed by atoms with van der Waals surface area (Å²) >= 11 is 6.51. The van der Waals surface area contributed by atoms with Crippen LogP contribution in [-0.4, -0.2) is 44.3 Å². The zero-order chi connectivity index (χ0) is 27.1. The van der Waals surface area contributed by atoms with Gasteiger partial charge in [0.05, 0.1) is 10.7 Å². The van der Waals surface area contributed by atoms with Gasteiger partial charge in [0, 0.05) is 56.6 Å². The lowest BCUT2D eigenvalue weighted by Crippen LogP contribution is -2.27. The summed E-state index contributed by atoms with van der Waals surface area (Å²) in [4.78, 5) is 30.6. The molecule has 1 aliphatic rings. The van der Waals surface area contributed by atoms with E-state index in [0.29, 0.717) is 35.7 Å². The maximum absolute atomic E-state index is 14.9. The predicted octanol–water partition coefficient (Wildman–Crippen LogP) is 3.90. The number of hydrogen-bond acceptors (Lipinski definition) is 6. The molecular formula is C27H26ClFN6O3. The average Bonchev–Trinajstić information content (AvgIpc) is 3.45. The largest absolute Gasteiger partial charge is 0.507 e. The number of phenols is 1. The third kappa shape index (κ3) is 4.88. The van der Waals surface area contributed by atoms with Crippen molar-refractivity contribution in [3.63, 3.8) is 0 Å². The molecule has 0 saturated carbocycles. The van der Waals surface area contributed by atoms with Crippen LogP contribution in [0.3, 0.4) is 0 Å². The minimum absolute atomic E-state index is 0.00156. The molecule has 1 atom stereocenters. The number of benzene rings is 2. The molecule has 1 saturated heterocycles. The molecule has 4 aromatic rings. The SMILES string of the molecule is CC(=O)Nc1cc(-c2cc(F)cc(-c3ccc(-n4ccn(C)c4=O)c(Cl)c3)c2O)cc(N2CC[C@H](N)C2)n1. The zero-order valence-corrected chi connectivity index (χ0v) is 21.5. The molecule has 0 spiro atoms. The van der Waals surface area contributed by atoms with Gasteiger partial charge in [-0.15, -0.1) is 0 Å². The van der Waals surface area contributed by atoms with Crippen molar-refractivity contribution in [3.05, 3.63) is 76.2 Å². The molecular weight excluding hydrogens is 511 g/mol. The van der Waals surface area contributed by atoms with Gasteiger partial charge in [0.25, 0.3) is 0 Å². The van der Waals surface area contributed by atoms with Crippen molar-refractivity contribution in [2.75, 3.05) is 23.3 Å². The first kappa shape index (κ1) is 25.5. The standard InChI is InChI=1S/C27H26ClFN6O3/c1-15(36)31-24-10-17(11-25(32-24)34-6-5-19(30)14-34)21-13-18(29)12-20(26(21)37)16-3-4-23(22(28)9-16)35-8-7-33(2)27(35)38/h3-4,7-13,19,37H,5-6,14,30H2,1-2H3,(H,31,32,36)/t19-/m0/s1.